The molecule has 0 radical (unpaired) electrons. The first-order valence-electron chi connectivity index (χ1n) is 9.86. The van der Waals surface area contributed by atoms with Gasteiger partial charge in [0.2, 0.25) is 0 Å². The lowest BCUT2D eigenvalue weighted by atomic mass is 10.1. The second-order valence-electron chi connectivity index (χ2n) is 6.86. The third-order valence-electron chi connectivity index (χ3n) is 4.34. The van der Waals surface area contributed by atoms with Crippen LogP contribution in [0.25, 0.3) is 0 Å². The number of carbonyl (C=O) groups is 2. The SMILES string of the molecule is O=C(COc1ccc(Cl)cc1)NCc1cccc(CNC(=O)COc2ccc(Cl)cc2)c1. The molecule has 0 aromatic heterocycles. The number of halogens is 2. The quantitative estimate of drug-likeness (QED) is 0.458. The smallest absolute Gasteiger partial charge is 0.258 e. The molecule has 0 unspecified atom stereocenters. The van der Waals surface area contributed by atoms with E-state index in [2.05, 4.69) is 10.6 Å². The van der Waals surface area contributed by atoms with Crippen LogP contribution in [-0.4, -0.2) is 25.0 Å². The molecular weight excluding hydrogens is 451 g/mol. The molecule has 0 aliphatic rings. The van der Waals surface area contributed by atoms with Gasteiger partial charge in [-0.05, 0) is 59.7 Å². The number of hydrogen-bond donors (Lipinski definition) is 2. The predicted octanol–water partition coefficient (Wildman–Crippen LogP) is 4.38. The second kappa shape index (κ2) is 12.0. The highest BCUT2D eigenvalue weighted by Crippen LogP contribution is 2.16. The zero-order valence-electron chi connectivity index (χ0n) is 17.1. The summed E-state index contributed by atoms with van der Waals surface area (Å²) in [6.07, 6.45) is 0. The minimum absolute atomic E-state index is 0.0923. The predicted molar refractivity (Wildman–Crippen MR) is 124 cm³/mol. The summed E-state index contributed by atoms with van der Waals surface area (Å²) in [6.45, 7) is 0.518. The Morgan fingerprint density at radius 3 is 1.47 bits per heavy atom. The Balaban J connectivity index is 1.38. The maximum absolute atomic E-state index is 12.0. The molecule has 0 spiro atoms. The summed E-state index contributed by atoms with van der Waals surface area (Å²) in [5, 5.41) is 6.82. The molecule has 0 atom stereocenters. The van der Waals surface area contributed by atoms with Crippen LogP contribution in [0.4, 0.5) is 0 Å². The van der Waals surface area contributed by atoms with Gasteiger partial charge in [0.1, 0.15) is 11.5 Å². The first kappa shape index (κ1) is 23.4. The Labute approximate surface area is 196 Å². The highest BCUT2D eigenvalue weighted by molar-refractivity contribution is 6.30. The van der Waals surface area contributed by atoms with E-state index in [4.69, 9.17) is 32.7 Å². The van der Waals surface area contributed by atoms with Crippen LogP contribution in [-0.2, 0) is 22.7 Å². The van der Waals surface area contributed by atoms with E-state index in [1.165, 1.54) is 0 Å². The number of ether oxygens (including phenoxy) is 2. The van der Waals surface area contributed by atoms with Crippen molar-refractivity contribution in [2.45, 2.75) is 13.1 Å². The van der Waals surface area contributed by atoms with Crippen LogP contribution in [0, 0.1) is 0 Å². The van der Waals surface area contributed by atoms with Crippen molar-refractivity contribution in [1.82, 2.24) is 10.6 Å². The maximum atomic E-state index is 12.0. The van der Waals surface area contributed by atoms with E-state index in [-0.39, 0.29) is 25.0 Å². The van der Waals surface area contributed by atoms with Gasteiger partial charge in [-0.2, -0.15) is 0 Å². The summed E-state index contributed by atoms with van der Waals surface area (Å²) in [4.78, 5) is 24.0. The first-order chi connectivity index (χ1) is 15.5. The van der Waals surface area contributed by atoms with Crippen LogP contribution < -0.4 is 20.1 Å². The summed E-state index contributed by atoms with van der Waals surface area (Å²) in [5.74, 6) is 0.667. The van der Waals surface area contributed by atoms with E-state index in [1.807, 2.05) is 24.3 Å². The Hall–Kier alpha value is -3.22. The molecule has 0 bridgehead atoms. The van der Waals surface area contributed by atoms with Crippen molar-refractivity contribution in [1.29, 1.82) is 0 Å². The third-order valence-corrected chi connectivity index (χ3v) is 4.84. The van der Waals surface area contributed by atoms with Crippen molar-refractivity contribution in [3.8, 4) is 11.5 Å². The van der Waals surface area contributed by atoms with Gasteiger partial charge >= 0.3 is 0 Å². The molecule has 2 amide bonds. The van der Waals surface area contributed by atoms with Gasteiger partial charge in [-0.25, -0.2) is 0 Å². The minimum Gasteiger partial charge on any atom is -0.484 e. The fourth-order valence-electron chi connectivity index (χ4n) is 2.71. The van der Waals surface area contributed by atoms with Gasteiger partial charge in [0.15, 0.2) is 13.2 Å². The molecule has 8 heteroatoms. The number of hydrogen-bond acceptors (Lipinski definition) is 4. The Bertz CT molecular complexity index is 960. The van der Waals surface area contributed by atoms with Crippen LogP contribution in [0.3, 0.4) is 0 Å². The highest BCUT2D eigenvalue weighted by atomic mass is 35.5. The first-order valence-corrected chi connectivity index (χ1v) is 10.6. The third kappa shape index (κ3) is 8.13. The number of rotatable bonds is 10. The fourth-order valence-corrected chi connectivity index (χ4v) is 2.96. The molecule has 3 aromatic rings. The van der Waals surface area contributed by atoms with Gasteiger partial charge in [0.05, 0.1) is 0 Å². The molecule has 0 aliphatic heterocycles. The number of benzene rings is 3. The number of carbonyl (C=O) groups excluding carboxylic acids is 2. The van der Waals surface area contributed by atoms with E-state index < -0.39 is 0 Å². The lowest BCUT2D eigenvalue weighted by molar-refractivity contribution is -0.124. The minimum atomic E-state index is -0.238. The van der Waals surface area contributed by atoms with E-state index in [1.54, 1.807) is 48.5 Å². The van der Waals surface area contributed by atoms with Crippen LogP contribution in [0.1, 0.15) is 11.1 Å². The van der Waals surface area contributed by atoms with Crippen LogP contribution in [0.5, 0.6) is 11.5 Å². The molecule has 166 valence electrons. The summed E-state index contributed by atoms with van der Waals surface area (Å²) in [6, 6.07) is 21.2. The van der Waals surface area contributed by atoms with Gasteiger partial charge in [0, 0.05) is 23.1 Å². The van der Waals surface area contributed by atoms with Crippen molar-refractivity contribution >= 4 is 35.0 Å². The summed E-state index contributed by atoms with van der Waals surface area (Å²) < 4.78 is 10.8. The monoisotopic (exact) mass is 472 g/mol. The molecular formula is C24H22Cl2N2O4. The maximum Gasteiger partial charge on any atom is 0.258 e. The van der Waals surface area contributed by atoms with Crippen molar-refractivity contribution < 1.29 is 19.1 Å². The van der Waals surface area contributed by atoms with E-state index in [0.29, 0.717) is 34.6 Å². The zero-order valence-corrected chi connectivity index (χ0v) is 18.7. The van der Waals surface area contributed by atoms with Crippen molar-refractivity contribution in [2.24, 2.45) is 0 Å². The van der Waals surface area contributed by atoms with Gasteiger partial charge in [0.25, 0.3) is 11.8 Å². The molecule has 0 saturated heterocycles. The number of nitrogens with one attached hydrogen (secondary N) is 2. The Morgan fingerprint density at radius 2 is 1.06 bits per heavy atom. The van der Waals surface area contributed by atoms with E-state index >= 15 is 0 Å². The summed E-state index contributed by atoms with van der Waals surface area (Å²) >= 11 is 11.6. The zero-order chi connectivity index (χ0) is 22.8. The van der Waals surface area contributed by atoms with E-state index in [0.717, 1.165) is 11.1 Å². The van der Waals surface area contributed by atoms with Crippen LogP contribution >= 0.6 is 23.2 Å². The second-order valence-corrected chi connectivity index (χ2v) is 7.73. The molecule has 2 N–H and O–H groups in total. The van der Waals surface area contributed by atoms with Crippen molar-refractivity contribution in [3.63, 3.8) is 0 Å². The lowest BCUT2D eigenvalue weighted by Crippen LogP contribution is -2.29. The van der Waals surface area contributed by atoms with Gasteiger partial charge in [-0.15, -0.1) is 0 Å². The molecule has 0 fully saturated rings. The van der Waals surface area contributed by atoms with Gasteiger partial charge in [-0.1, -0.05) is 47.5 Å². The fraction of sp³-hybridized carbons (Fsp3) is 0.167. The topological polar surface area (TPSA) is 76.7 Å². The van der Waals surface area contributed by atoms with Crippen molar-refractivity contribution in [2.75, 3.05) is 13.2 Å². The molecule has 6 nitrogen and oxygen atoms in total. The van der Waals surface area contributed by atoms with Gasteiger partial charge < -0.3 is 20.1 Å². The highest BCUT2D eigenvalue weighted by Gasteiger charge is 2.06. The molecule has 3 rings (SSSR count). The average molecular weight is 473 g/mol. The normalized spacial score (nSPS) is 10.3. The van der Waals surface area contributed by atoms with Crippen molar-refractivity contribution in [3.05, 3.63) is 94.0 Å². The van der Waals surface area contributed by atoms with E-state index in [9.17, 15) is 9.59 Å². The molecule has 32 heavy (non-hydrogen) atoms. The summed E-state index contributed by atoms with van der Waals surface area (Å²) in [7, 11) is 0. The molecule has 3 aromatic carbocycles. The summed E-state index contributed by atoms with van der Waals surface area (Å²) in [5.41, 5.74) is 1.82. The van der Waals surface area contributed by atoms with Crippen LogP contribution in [0.2, 0.25) is 10.0 Å². The lowest BCUT2D eigenvalue weighted by Gasteiger charge is -2.10. The number of amides is 2. The standard InChI is InChI=1S/C24H22Cl2N2O4/c25-19-4-8-21(9-5-19)31-15-23(29)27-13-17-2-1-3-18(12-17)14-28-24(30)16-32-22-10-6-20(26)7-11-22/h1-12H,13-16H2,(H,27,29)(H,28,30). The molecule has 0 aliphatic carbocycles. The molecule has 0 heterocycles. The molecule has 0 saturated carbocycles. The van der Waals surface area contributed by atoms with Crippen LogP contribution in [0.15, 0.2) is 72.8 Å². The van der Waals surface area contributed by atoms with Gasteiger partial charge in [-0.3, -0.25) is 9.59 Å². The Kier molecular flexibility index (Phi) is 8.78. The largest absolute Gasteiger partial charge is 0.484 e. The Morgan fingerprint density at radius 1 is 0.656 bits per heavy atom. The average Bonchev–Trinajstić information content (AvgIpc) is 2.81.